The van der Waals surface area contributed by atoms with Gasteiger partial charge in [-0.3, -0.25) is 9.80 Å². The largest absolute Gasteiger partial charge is 0.294 e. The average molecular weight is 1280 g/mol. The summed E-state index contributed by atoms with van der Waals surface area (Å²) in [5.41, 5.74) is 0.480. The molecule has 2 heteroatoms. The second kappa shape index (κ2) is 31.3. The Bertz CT molecular complexity index is 2170. The second-order valence-electron chi connectivity index (χ2n) is 40.8. The quantitative estimate of drug-likeness (QED) is 0.171. The molecule has 16 rings (SSSR count). The molecule has 0 bridgehead atoms. The van der Waals surface area contributed by atoms with Crippen molar-refractivity contribution in [1.29, 1.82) is 0 Å². The Morgan fingerprint density at radius 1 is 0.161 bits per heavy atom. The second-order valence-corrected chi connectivity index (χ2v) is 40.8. The van der Waals surface area contributed by atoms with E-state index in [0.29, 0.717) is 5.41 Å². The van der Waals surface area contributed by atoms with Crippen molar-refractivity contribution in [2.75, 3.05) is 0 Å². The van der Waals surface area contributed by atoms with Crippen molar-refractivity contribution in [2.24, 2.45) is 136 Å². The molecule has 13 unspecified atom stereocenters. The molecule has 0 aromatic rings. The first kappa shape index (κ1) is 67.4. The lowest BCUT2D eigenvalue weighted by Crippen LogP contribution is -2.56. The van der Waals surface area contributed by atoms with Crippen molar-refractivity contribution in [3.63, 3.8) is 0 Å². The SMILES string of the molecule is CC1(C)C2CC(N(C3CCC(C4CCC(C5CCCCC5)CC4)CC3)C3CC(C4CCCCC4)CC(C4CCCCC4)C3)CCC2C2CCC(N(C3CCC(C4CCC(C5CCC6CCCCC6C5)CC4)CC3)C3CC(C4CCCCC4)CC(C4CCCCC4)C3)CC21. The fraction of sp³-hybridized carbons (Fsp3) is 1.00. The van der Waals surface area contributed by atoms with Gasteiger partial charge in [0.2, 0.25) is 0 Å². The minimum Gasteiger partial charge on any atom is -0.294 e. The molecule has 528 valence electrons. The average Bonchev–Trinajstić information content (AvgIpc) is 1.58. The fourth-order valence-corrected chi connectivity index (χ4v) is 31.7. The number of fused-ring (bicyclic) bond motifs is 4. The fourth-order valence-electron chi connectivity index (χ4n) is 31.7. The Hall–Kier alpha value is -0.0800. The lowest BCUT2D eigenvalue weighted by atomic mass is 9.61. The van der Waals surface area contributed by atoms with Gasteiger partial charge in [-0.15, -0.1) is 0 Å². The van der Waals surface area contributed by atoms with E-state index in [2.05, 4.69) is 23.6 Å². The number of nitrogens with zero attached hydrogens (tertiary/aromatic N) is 2. The van der Waals surface area contributed by atoms with Crippen LogP contribution in [-0.2, 0) is 0 Å². The zero-order valence-corrected chi connectivity index (χ0v) is 62.0. The van der Waals surface area contributed by atoms with Crippen LogP contribution in [0.2, 0.25) is 0 Å². The highest BCUT2D eigenvalue weighted by Crippen LogP contribution is 2.65. The number of hydrogen-bond acceptors (Lipinski definition) is 2. The van der Waals surface area contributed by atoms with Crippen molar-refractivity contribution in [1.82, 2.24) is 9.80 Å². The first-order valence-corrected chi connectivity index (χ1v) is 45.4. The van der Waals surface area contributed by atoms with E-state index < -0.39 is 0 Å². The summed E-state index contributed by atoms with van der Waals surface area (Å²) in [5.74, 6) is 23.1. The minimum atomic E-state index is 0.480. The zero-order valence-electron chi connectivity index (χ0n) is 62.0. The van der Waals surface area contributed by atoms with E-state index >= 15 is 0 Å². The van der Waals surface area contributed by atoms with Gasteiger partial charge in [-0.05, 0) is 335 Å². The Morgan fingerprint density at radius 2 is 0.366 bits per heavy atom. The van der Waals surface area contributed by atoms with Crippen molar-refractivity contribution < 1.29 is 0 Å². The molecule has 0 aromatic heterocycles. The van der Waals surface area contributed by atoms with Gasteiger partial charge < -0.3 is 0 Å². The maximum Gasteiger partial charge on any atom is 0.0107 e. The van der Waals surface area contributed by atoms with Gasteiger partial charge in [0.15, 0.2) is 0 Å². The highest BCUT2D eigenvalue weighted by Gasteiger charge is 2.60. The molecule has 16 fully saturated rings. The molecule has 16 aliphatic carbocycles. The predicted octanol–water partition coefficient (Wildman–Crippen LogP) is 26.0. The highest BCUT2D eigenvalue weighted by atomic mass is 15.2. The zero-order chi connectivity index (χ0) is 62.2. The van der Waals surface area contributed by atoms with Crippen molar-refractivity contribution in [3.8, 4) is 0 Å². The van der Waals surface area contributed by atoms with Gasteiger partial charge in [-0.1, -0.05) is 200 Å². The number of hydrogen-bond donors (Lipinski definition) is 0. The summed E-state index contributed by atoms with van der Waals surface area (Å²) in [5, 5.41) is 0. The molecule has 0 spiro atoms. The van der Waals surface area contributed by atoms with Crippen LogP contribution in [0.4, 0.5) is 0 Å². The molecular weight excluding hydrogens is 1120 g/mol. The van der Waals surface area contributed by atoms with Crippen LogP contribution in [0.3, 0.4) is 0 Å². The van der Waals surface area contributed by atoms with Crippen molar-refractivity contribution in [2.45, 2.75) is 435 Å². The van der Waals surface area contributed by atoms with E-state index in [1.54, 1.807) is 353 Å². The first-order valence-electron chi connectivity index (χ1n) is 45.4. The summed E-state index contributed by atoms with van der Waals surface area (Å²) in [6.07, 6.45) is 94.6. The summed E-state index contributed by atoms with van der Waals surface area (Å²) in [6.45, 7) is 5.95. The van der Waals surface area contributed by atoms with Crippen LogP contribution in [0, 0.1) is 136 Å². The maximum absolute atomic E-state index is 3.60. The Labute approximate surface area is 577 Å². The smallest absolute Gasteiger partial charge is 0.0107 e. The van der Waals surface area contributed by atoms with E-state index in [0.717, 1.165) is 166 Å². The van der Waals surface area contributed by atoms with Crippen LogP contribution in [0.25, 0.3) is 0 Å². The molecule has 13 atom stereocenters. The maximum atomic E-state index is 3.60. The van der Waals surface area contributed by atoms with Crippen LogP contribution >= 0.6 is 0 Å². The van der Waals surface area contributed by atoms with Gasteiger partial charge >= 0.3 is 0 Å². The van der Waals surface area contributed by atoms with E-state index in [1.165, 1.54) is 32.1 Å². The third-order valence-corrected chi connectivity index (χ3v) is 36.5. The van der Waals surface area contributed by atoms with Crippen LogP contribution in [0.5, 0.6) is 0 Å². The Morgan fingerprint density at radius 3 is 0.688 bits per heavy atom. The third kappa shape index (κ3) is 15.1. The van der Waals surface area contributed by atoms with E-state index in [1.807, 2.05) is 0 Å². The summed E-state index contributed by atoms with van der Waals surface area (Å²) in [6, 6.07) is 5.27. The van der Waals surface area contributed by atoms with Gasteiger partial charge in [0.1, 0.15) is 0 Å². The molecule has 0 radical (unpaired) electrons. The van der Waals surface area contributed by atoms with E-state index in [9.17, 15) is 0 Å². The molecule has 0 amide bonds. The van der Waals surface area contributed by atoms with E-state index in [4.69, 9.17) is 0 Å². The lowest BCUT2D eigenvalue weighted by molar-refractivity contribution is -0.0484. The molecular formula is C91H154N2. The first-order chi connectivity index (χ1) is 45.8. The van der Waals surface area contributed by atoms with Gasteiger partial charge in [-0.2, -0.15) is 0 Å². The molecule has 16 saturated carbocycles. The molecule has 2 nitrogen and oxygen atoms in total. The van der Waals surface area contributed by atoms with Crippen LogP contribution in [-0.4, -0.2) is 46.1 Å². The monoisotopic (exact) mass is 1280 g/mol. The van der Waals surface area contributed by atoms with Crippen LogP contribution in [0.15, 0.2) is 0 Å². The van der Waals surface area contributed by atoms with Gasteiger partial charge in [0, 0.05) is 36.3 Å². The molecule has 0 aliphatic heterocycles. The summed E-state index contributed by atoms with van der Waals surface area (Å²) < 4.78 is 0. The molecule has 0 N–H and O–H groups in total. The third-order valence-electron chi connectivity index (χ3n) is 36.5. The van der Waals surface area contributed by atoms with Crippen molar-refractivity contribution >= 4 is 0 Å². The molecule has 93 heavy (non-hydrogen) atoms. The Balaban J connectivity index is 0.635. The molecule has 0 heterocycles. The van der Waals surface area contributed by atoms with Crippen molar-refractivity contribution in [3.05, 3.63) is 0 Å². The standard InChI is InChI=1S/C91H154N2/c1-91(2)89-61-83(92(81-46-42-72(43-47-81)70-34-32-69(33-35-70)63-20-8-3-9-21-63)85-57-77(64-22-10-4-11-23-64)55-78(58-85)65-24-12-5-13-25-65)50-52-87(89)88-53-51-84(62-90(88)91)93(86-59-79(66-26-14-6-15-27-66)56-80(60-86)67-28-16-7-17-29-67)82-48-44-73(45-49-82)71-36-38-74(39-37-71)76-41-40-68-30-18-19-31-75(68)54-76/h63-90H,3-62H2,1-2H3. The predicted molar refractivity (Wildman–Crippen MR) is 394 cm³/mol. The van der Waals surface area contributed by atoms with Crippen LogP contribution < -0.4 is 0 Å². The molecule has 0 aromatic carbocycles. The minimum absolute atomic E-state index is 0.480. The summed E-state index contributed by atoms with van der Waals surface area (Å²) in [4.78, 5) is 7.20. The summed E-state index contributed by atoms with van der Waals surface area (Å²) in [7, 11) is 0. The summed E-state index contributed by atoms with van der Waals surface area (Å²) >= 11 is 0. The normalized spacial score (nSPS) is 46.8. The molecule has 16 aliphatic rings. The Kier molecular flexibility index (Phi) is 22.7. The van der Waals surface area contributed by atoms with Gasteiger partial charge in [-0.25, -0.2) is 0 Å². The number of rotatable bonds is 14. The lowest BCUT2D eigenvalue weighted by Gasteiger charge is -2.54. The highest BCUT2D eigenvalue weighted by molar-refractivity contribution is 5.11. The molecule has 0 saturated heterocycles. The topological polar surface area (TPSA) is 6.48 Å². The van der Waals surface area contributed by atoms with Gasteiger partial charge in [0.05, 0.1) is 0 Å². The van der Waals surface area contributed by atoms with Crippen LogP contribution in [0.1, 0.15) is 399 Å². The van der Waals surface area contributed by atoms with E-state index in [-0.39, 0.29) is 0 Å². The van der Waals surface area contributed by atoms with Gasteiger partial charge in [0.25, 0.3) is 0 Å².